The van der Waals surface area contributed by atoms with Crippen molar-refractivity contribution in [1.29, 1.82) is 0 Å². The molecule has 1 aliphatic rings. The van der Waals surface area contributed by atoms with Crippen LogP contribution >= 0.6 is 0 Å². The summed E-state index contributed by atoms with van der Waals surface area (Å²) < 4.78 is 16.1. The van der Waals surface area contributed by atoms with E-state index in [1.807, 2.05) is 24.3 Å². The highest BCUT2D eigenvalue weighted by Gasteiger charge is 2.16. The molecule has 22 heavy (non-hydrogen) atoms. The summed E-state index contributed by atoms with van der Waals surface area (Å²) in [5, 5.41) is 5.64. The van der Waals surface area contributed by atoms with Crippen LogP contribution in [0.1, 0.15) is 19.3 Å². The van der Waals surface area contributed by atoms with Gasteiger partial charge in [0.1, 0.15) is 5.75 Å². The van der Waals surface area contributed by atoms with Gasteiger partial charge in [-0.05, 0) is 25.0 Å². The van der Waals surface area contributed by atoms with E-state index in [1.54, 1.807) is 7.11 Å². The van der Waals surface area contributed by atoms with Crippen LogP contribution in [0.2, 0.25) is 0 Å². The quantitative estimate of drug-likeness (QED) is 0.724. The van der Waals surface area contributed by atoms with Crippen molar-refractivity contribution in [3.8, 4) is 5.75 Å². The zero-order valence-electron chi connectivity index (χ0n) is 13.0. The topological polar surface area (TPSA) is 68.8 Å². The minimum absolute atomic E-state index is 0.131. The minimum atomic E-state index is -0.247. The van der Waals surface area contributed by atoms with Gasteiger partial charge in [0, 0.05) is 33.3 Å². The number of para-hydroxylation sites is 2. The van der Waals surface area contributed by atoms with E-state index in [2.05, 4.69) is 10.6 Å². The van der Waals surface area contributed by atoms with E-state index < -0.39 is 0 Å². The van der Waals surface area contributed by atoms with Crippen LogP contribution in [0.5, 0.6) is 5.75 Å². The number of anilines is 1. The normalized spacial score (nSPS) is 17.2. The second-order valence-electron chi connectivity index (χ2n) is 5.16. The molecule has 1 saturated heterocycles. The predicted octanol–water partition coefficient (Wildman–Crippen LogP) is 2.40. The monoisotopic (exact) mass is 308 g/mol. The fourth-order valence-electron chi connectivity index (χ4n) is 2.26. The van der Waals surface area contributed by atoms with Crippen LogP contribution in [0.4, 0.5) is 10.5 Å². The lowest BCUT2D eigenvalue weighted by Crippen LogP contribution is -2.35. The number of amides is 2. The van der Waals surface area contributed by atoms with Gasteiger partial charge in [-0.1, -0.05) is 12.1 Å². The Hall–Kier alpha value is -1.79. The highest BCUT2D eigenvalue weighted by molar-refractivity contribution is 5.90. The van der Waals surface area contributed by atoms with Crippen molar-refractivity contribution in [2.24, 2.45) is 0 Å². The third-order valence-corrected chi connectivity index (χ3v) is 3.40. The number of ether oxygens (including phenoxy) is 3. The first-order valence-electron chi connectivity index (χ1n) is 7.67. The number of rotatable bonds is 8. The van der Waals surface area contributed by atoms with Gasteiger partial charge < -0.3 is 24.8 Å². The Labute approximate surface area is 131 Å². The molecule has 0 bridgehead atoms. The second-order valence-corrected chi connectivity index (χ2v) is 5.16. The fraction of sp³-hybridized carbons (Fsp3) is 0.562. The van der Waals surface area contributed by atoms with Gasteiger partial charge in [-0.3, -0.25) is 0 Å². The SMILES string of the molecule is COCCCOc1ccccc1NC(=O)NCC1CCCO1. The van der Waals surface area contributed by atoms with E-state index in [-0.39, 0.29) is 12.1 Å². The predicted molar refractivity (Wildman–Crippen MR) is 84.4 cm³/mol. The van der Waals surface area contributed by atoms with Crippen molar-refractivity contribution in [3.63, 3.8) is 0 Å². The Balaban J connectivity index is 1.78. The first kappa shape index (κ1) is 16.6. The lowest BCUT2D eigenvalue weighted by molar-refractivity contribution is 0.112. The van der Waals surface area contributed by atoms with Gasteiger partial charge in [0.2, 0.25) is 0 Å². The summed E-state index contributed by atoms with van der Waals surface area (Å²) in [6.07, 6.45) is 2.99. The van der Waals surface area contributed by atoms with Crippen LogP contribution in [0, 0.1) is 0 Å². The molecule has 0 aliphatic carbocycles. The van der Waals surface area contributed by atoms with Gasteiger partial charge >= 0.3 is 6.03 Å². The van der Waals surface area contributed by atoms with Crippen LogP contribution in [-0.2, 0) is 9.47 Å². The van der Waals surface area contributed by atoms with Crippen LogP contribution < -0.4 is 15.4 Å². The van der Waals surface area contributed by atoms with Crippen LogP contribution in [0.3, 0.4) is 0 Å². The van der Waals surface area contributed by atoms with Gasteiger partial charge in [0.25, 0.3) is 0 Å². The summed E-state index contributed by atoms with van der Waals surface area (Å²) in [5.41, 5.74) is 0.657. The zero-order chi connectivity index (χ0) is 15.6. The van der Waals surface area contributed by atoms with Crippen molar-refractivity contribution in [2.45, 2.75) is 25.4 Å². The van der Waals surface area contributed by atoms with E-state index in [9.17, 15) is 4.79 Å². The molecule has 2 amide bonds. The van der Waals surface area contributed by atoms with Crippen molar-refractivity contribution in [2.75, 3.05) is 38.8 Å². The molecule has 1 aliphatic heterocycles. The largest absolute Gasteiger partial charge is 0.491 e. The minimum Gasteiger partial charge on any atom is -0.491 e. The van der Waals surface area contributed by atoms with Crippen LogP contribution in [-0.4, -0.2) is 45.6 Å². The first-order chi connectivity index (χ1) is 10.8. The standard InChI is InChI=1S/C16H24N2O4/c1-20-9-5-11-22-15-8-3-2-7-14(15)18-16(19)17-12-13-6-4-10-21-13/h2-3,7-8,13H,4-6,9-12H2,1H3,(H2,17,18,19). The molecule has 1 aromatic carbocycles. The zero-order valence-corrected chi connectivity index (χ0v) is 13.0. The number of methoxy groups -OCH3 is 1. The maximum Gasteiger partial charge on any atom is 0.319 e. The number of nitrogens with one attached hydrogen (secondary N) is 2. The Morgan fingerprint density at radius 3 is 3.00 bits per heavy atom. The number of benzene rings is 1. The third-order valence-electron chi connectivity index (χ3n) is 3.40. The highest BCUT2D eigenvalue weighted by atomic mass is 16.5. The number of urea groups is 1. The van der Waals surface area contributed by atoms with E-state index in [0.29, 0.717) is 31.2 Å². The number of carbonyl (C=O) groups excluding carboxylic acids is 1. The Morgan fingerprint density at radius 2 is 2.23 bits per heavy atom. The van der Waals surface area contributed by atoms with Crippen molar-refractivity contribution >= 4 is 11.7 Å². The molecule has 0 aromatic heterocycles. The molecular formula is C16H24N2O4. The molecule has 1 atom stereocenters. The maximum atomic E-state index is 11.9. The number of hydrogen-bond donors (Lipinski definition) is 2. The highest BCUT2D eigenvalue weighted by Crippen LogP contribution is 2.23. The molecule has 122 valence electrons. The maximum absolute atomic E-state index is 11.9. The Morgan fingerprint density at radius 1 is 1.36 bits per heavy atom. The van der Waals surface area contributed by atoms with E-state index in [1.165, 1.54) is 0 Å². The van der Waals surface area contributed by atoms with Crippen molar-refractivity contribution in [1.82, 2.24) is 5.32 Å². The molecule has 2 N–H and O–H groups in total. The number of carbonyl (C=O) groups is 1. The van der Waals surface area contributed by atoms with Crippen molar-refractivity contribution in [3.05, 3.63) is 24.3 Å². The lowest BCUT2D eigenvalue weighted by atomic mass is 10.2. The fourth-order valence-corrected chi connectivity index (χ4v) is 2.26. The van der Waals surface area contributed by atoms with Gasteiger partial charge in [-0.15, -0.1) is 0 Å². The van der Waals surface area contributed by atoms with Crippen molar-refractivity contribution < 1.29 is 19.0 Å². The van der Waals surface area contributed by atoms with E-state index >= 15 is 0 Å². The third kappa shape index (κ3) is 5.54. The molecule has 2 rings (SSSR count). The van der Waals surface area contributed by atoms with Gasteiger partial charge in [-0.25, -0.2) is 4.79 Å². The lowest BCUT2D eigenvalue weighted by Gasteiger charge is -2.14. The molecule has 1 fully saturated rings. The summed E-state index contributed by atoms with van der Waals surface area (Å²) in [6, 6.07) is 7.14. The van der Waals surface area contributed by atoms with Gasteiger partial charge in [-0.2, -0.15) is 0 Å². The summed E-state index contributed by atoms with van der Waals surface area (Å²) in [5.74, 6) is 0.658. The molecule has 6 heteroatoms. The Kier molecular flexibility index (Phi) is 6.99. The smallest absolute Gasteiger partial charge is 0.319 e. The molecule has 0 radical (unpaired) electrons. The van der Waals surface area contributed by atoms with Gasteiger partial charge in [0.05, 0.1) is 18.4 Å². The molecule has 1 heterocycles. The molecule has 0 saturated carbocycles. The molecule has 1 unspecified atom stereocenters. The average Bonchev–Trinajstić information content (AvgIpc) is 3.04. The van der Waals surface area contributed by atoms with Crippen LogP contribution in [0.25, 0.3) is 0 Å². The average molecular weight is 308 g/mol. The molecule has 1 aromatic rings. The molecular weight excluding hydrogens is 284 g/mol. The molecule has 6 nitrogen and oxygen atoms in total. The number of hydrogen-bond acceptors (Lipinski definition) is 4. The Bertz CT molecular complexity index is 461. The van der Waals surface area contributed by atoms with E-state index in [4.69, 9.17) is 14.2 Å². The second kappa shape index (κ2) is 9.27. The van der Waals surface area contributed by atoms with Crippen LogP contribution in [0.15, 0.2) is 24.3 Å². The summed E-state index contributed by atoms with van der Waals surface area (Å²) in [4.78, 5) is 11.9. The summed E-state index contributed by atoms with van der Waals surface area (Å²) in [7, 11) is 1.66. The van der Waals surface area contributed by atoms with Gasteiger partial charge in [0.15, 0.2) is 0 Å². The summed E-state index contributed by atoms with van der Waals surface area (Å²) in [6.45, 7) is 2.51. The molecule has 0 spiro atoms. The summed E-state index contributed by atoms with van der Waals surface area (Å²) >= 11 is 0. The first-order valence-corrected chi connectivity index (χ1v) is 7.67. The van der Waals surface area contributed by atoms with E-state index in [0.717, 1.165) is 25.9 Å².